The van der Waals surface area contributed by atoms with Crippen LogP contribution in [0.1, 0.15) is 37.8 Å². The Hall–Kier alpha value is -1.35. The molecule has 0 bridgehead atoms. The molecule has 1 N–H and O–H groups in total. The van der Waals surface area contributed by atoms with Crippen LogP contribution in [0.25, 0.3) is 0 Å². The molecule has 3 nitrogen and oxygen atoms in total. The van der Waals surface area contributed by atoms with Gasteiger partial charge in [-0.25, -0.2) is 0 Å². The highest BCUT2D eigenvalue weighted by Gasteiger charge is 2.37. The molecular weight excluding hydrogens is 214 g/mol. The summed E-state index contributed by atoms with van der Waals surface area (Å²) in [6, 6.07) is 8.20. The molecule has 1 aliphatic rings. The maximum absolute atomic E-state index is 10.1. The number of benzene rings is 1. The van der Waals surface area contributed by atoms with Crippen molar-refractivity contribution in [3.05, 3.63) is 35.4 Å². The predicted octanol–water partition coefficient (Wildman–Crippen LogP) is 2.65. The van der Waals surface area contributed by atoms with E-state index in [-0.39, 0.29) is 6.10 Å². The first-order valence-corrected chi connectivity index (χ1v) is 6.05. The van der Waals surface area contributed by atoms with Gasteiger partial charge < -0.3 is 9.94 Å². The molecule has 17 heavy (non-hydrogen) atoms. The molecule has 0 saturated heterocycles. The zero-order valence-corrected chi connectivity index (χ0v) is 10.6. The van der Waals surface area contributed by atoms with Crippen LogP contribution in [0, 0.1) is 6.92 Å². The zero-order chi connectivity index (χ0) is 12.5. The summed E-state index contributed by atoms with van der Waals surface area (Å²) in [6.07, 6.45) is 1.10. The molecule has 0 aromatic heterocycles. The topological polar surface area (TPSA) is 41.8 Å². The van der Waals surface area contributed by atoms with E-state index in [0.717, 1.165) is 11.3 Å². The van der Waals surface area contributed by atoms with Crippen LogP contribution in [0.3, 0.4) is 0 Å². The second kappa shape index (κ2) is 4.49. The van der Waals surface area contributed by atoms with Crippen molar-refractivity contribution in [2.45, 2.75) is 45.3 Å². The van der Waals surface area contributed by atoms with E-state index in [4.69, 9.17) is 4.84 Å². The summed E-state index contributed by atoms with van der Waals surface area (Å²) in [4.78, 5) is 5.34. The summed E-state index contributed by atoms with van der Waals surface area (Å²) in [5.74, 6) is 0. The molecule has 1 aliphatic heterocycles. The third-order valence-electron chi connectivity index (χ3n) is 3.46. The van der Waals surface area contributed by atoms with E-state index in [0.29, 0.717) is 12.8 Å². The first-order chi connectivity index (χ1) is 8.03. The van der Waals surface area contributed by atoms with Crippen LogP contribution in [0.5, 0.6) is 0 Å². The SMILES string of the molecule is CC[C@](C)(O)[C@@H]1CC(c2ccc(C)cc2)=NO1. The Morgan fingerprint density at radius 3 is 2.65 bits per heavy atom. The van der Waals surface area contributed by atoms with Crippen molar-refractivity contribution in [3.8, 4) is 0 Å². The Kier molecular flexibility index (Phi) is 3.20. The van der Waals surface area contributed by atoms with E-state index in [1.807, 2.05) is 19.1 Å². The first kappa shape index (κ1) is 12.1. The van der Waals surface area contributed by atoms with Crippen molar-refractivity contribution < 1.29 is 9.94 Å². The lowest BCUT2D eigenvalue weighted by Crippen LogP contribution is -2.38. The van der Waals surface area contributed by atoms with Crippen LogP contribution >= 0.6 is 0 Å². The minimum atomic E-state index is -0.810. The lowest BCUT2D eigenvalue weighted by atomic mass is 9.91. The molecule has 0 aliphatic carbocycles. The van der Waals surface area contributed by atoms with Crippen LogP contribution in [0.2, 0.25) is 0 Å². The molecule has 2 atom stereocenters. The van der Waals surface area contributed by atoms with E-state index in [9.17, 15) is 5.11 Å². The maximum atomic E-state index is 10.1. The average molecular weight is 233 g/mol. The van der Waals surface area contributed by atoms with Crippen molar-refractivity contribution in [3.63, 3.8) is 0 Å². The number of hydrogen-bond acceptors (Lipinski definition) is 3. The van der Waals surface area contributed by atoms with Gasteiger partial charge in [0.1, 0.15) is 5.60 Å². The van der Waals surface area contributed by atoms with E-state index in [2.05, 4.69) is 24.2 Å². The van der Waals surface area contributed by atoms with Gasteiger partial charge in [-0.2, -0.15) is 0 Å². The number of rotatable bonds is 3. The summed E-state index contributed by atoms with van der Waals surface area (Å²) < 4.78 is 0. The molecule has 92 valence electrons. The second-order valence-corrected chi connectivity index (χ2v) is 4.91. The summed E-state index contributed by atoms with van der Waals surface area (Å²) in [5, 5.41) is 14.2. The lowest BCUT2D eigenvalue weighted by Gasteiger charge is -2.26. The Balaban J connectivity index is 2.10. The molecule has 1 heterocycles. The highest BCUT2D eigenvalue weighted by molar-refractivity contribution is 6.01. The molecule has 0 spiro atoms. The van der Waals surface area contributed by atoms with Gasteiger partial charge in [-0.3, -0.25) is 0 Å². The molecular formula is C14H19NO2. The Labute approximate surface area is 102 Å². The normalized spacial score (nSPS) is 22.8. The Morgan fingerprint density at radius 1 is 1.41 bits per heavy atom. The van der Waals surface area contributed by atoms with E-state index in [1.54, 1.807) is 6.92 Å². The number of aliphatic hydroxyl groups is 1. The molecule has 0 radical (unpaired) electrons. The fourth-order valence-electron chi connectivity index (χ4n) is 1.85. The molecule has 3 heteroatoms. The van der Waals surface area contributed by atoms with E-state index >= 15 is 0 Å². The number of oxime groups is 1. The van der Waals surface area contributed by atoms with Gasteiger partial charge in [-0.05, 0) is 25.8 Å². The number of nitrogens with zero attached hydrogens (tertiary/aromatic N) is 1. The average Bonchev–Trinajstić information content (AvgIpc) is 2.80. The maximum Gasteiger partial charge on any atom is 0.161 e. The first-order valence-electron chi connectivity index (χ1n) is 6.05. The molecule has 2 rings (SSSR count). The Morgan fingerprint density at radius 2 is 2.06 bits per heavy atom. The van der Waals surface area contributed by atoms with Gasteiger partial charge in [0.2, 0.25) is 0 Å². The third-order valence-corrected chi connectivity index (χ3v) is 3.46. The van der Waals surface area contributed by atoms with Crippen molar-refractivity contribution >= 4 is 5.71 Å². The van der Waals surface area contributed by atoms with E-state index in [1.165, 1.54) is 5.56 Å². The standard InChI is InChI=1S/C14H19NO2/c1-4-14(3,16)13-9-12(15-17-13)11-7-5-10(2)6-8-11/h5-8,13,16H,4,9H2,1-3H3/t13-,14-/m0/s1. The van der Waals surface area contributed by atoms with Crippen molar-refractivity contribution in [1.29, 1.82) is 0 Å². The van der Waals surface area contributed by atoms with Gasteiger partial charge in [0.15, 0.2) is 6.10 Å². The Bertz CT molecular complexity index is 420. The minimum Gasteiger partial charge on any atom is -0.389 e. The van der Waals surface area contributed by atoms with Gasteiger partial charge >= 0.3 is 0 Å². The van der Waals surface area contributed by atoms with Gasteiger partial charge in [0.05, 0.1) is 5.71 Å². The van der Waals surface area contributed by atoms with Gasteiger partial charge in [-0.15, -0.1) is 0 Å². The molecule has 0 fully saturated rings. The summed E-state index contributed by atoms with van der Waals surface area (Å²) >= 11 is 0. The van der Waals surface area contributed by atoms with Crippen LogP contribution in [0.4, 0.5) is 0 Å². The van der Waals surface area contributed by atoms with Crippen LogP contribution in [-0.4, -0.2) is 22.5 Å². The van der Waals surface area contributed by atoms with Crippen molar-refractivity contribution in [2.75, 3.05) is 0 Å². The molecule has 0 amide bonds. The highest BCUT2D eigenvalue weighted by Crippen LogP contribution is 2.27. The number of aryl methyl sites for hydroxylation is 1. The second-order valence-electron chi connectivity index (χ2n) is 4.91. The van der Waals surface area contributed by atoms with Crippen LogP contribution in [-0.2, 0) is 4.84 Å². The van der Waals surface area contributed by atoms with Crippen LogP contribution in [0.15, 0.2) is 29.4 Å². The van der Waals surface area contributed by atoms with Gasteiger partial charge in [-0.1, -0.05) is 41.9 Å². The molecule has 1 aromatic rings. The van der Waals surface area contributed by atoms with Crippen molar-refractivity contribution in [1.82, 2.24) is 0 Å². The van der Waals surface area contributed by atoms with Gasteiger partial charge in [0, 0.05) is 6.42 Å². The fraction of sp³-hybridized carbons (Fsp3) is 0.500. The largest absolute Gasteiger partial charge is 0.389 e. The minimum absolute atomic E-state index is 0.233. The lowest BCUT2D eigenvalue weighted by molar-refractivity contribution is -0.0854. The molecule has 1 aromatic carbocycles. The summed E-state index contributed by atoms with van der Waals surface area (Å²) in [5.41, 5.74) is 2.41. The zero-order valence-electron chi connectivity index (χ0n) is 10.6. The molecule has 0 saturated carbocycles. The highest BCUT2D eigenvalue weighted by atomic mass is 16.7. The smallest absolute Gasteiger partial charge is 0.161 e. The van der Waals surface area contributed by atoms with Crippen molar-refractivity contribution in [2.24, 2.45) is 5.16 Å². The van der Waals surface area contributed by atoms with Gasteiger partial charge in [0.25, 0.3) is 0 Å². The predicted molar refractivity (Wildman–Crippen MR) is 68.1 cm³/mol. The quantitative estimate of drug-likeness (QED) is 0.872. The fourth-order valence-corrected chi connectivity index (χ4v) is 1.85. The summed E-state index contributed by atoms with van der Waals surface area (Å²) in [6.45, 7) is 5.81. The monoisotopic (exact) mass is 233 g/mol. The summed E-state index contributed by atoms with van der Waals surface area (Å²) in [7, 11) is 0. The number of hydrogen-bond donors (Lipinski definition) is 1. The molecule has 0 unspecified atom stereocenters. The third kappa shape index (κ3) is 2.50. The van der Waals surface area contributed by atoms with E-state index < -0.39 is 5.60 Å². The van der Waals surface area contributed by atoms with Crippen LogP contribution < -0.4 is 0 Å².